The highest BCUT2D eigenvalue weighted by Gasteiger charge is 2.10. The van der Waals surface area contributed by atoms with Crippen LogP contribution in [0.2, 0.25) is 0 Å². The molecule has 0 radical (unpaired) electrons. The highest BCUT2D eigenvalue weighted by atomic mass is 32.2. The molecule has 23 heavy (non-hydrogen) atoms. The molecule has 2 aromatic heterocycles. The van der Waals surface area contributed by atoms with Crippen LogP contribution in [0, 0.1) is 0 Å². The number of anilines is 1. The van der Waals surface area contributed by atoms with Crippen LogP contribution in [0.15, 0.2) is 78.0 Å². The van der Waals surface area contributed by atoms with Gasteiger partial charge in [-0.1, -0.05) is 12.1 Å². The summed E-state index contributed by atoms with van der Waals surface area (Å²) < 4.78 is 0. The molecule has 3 nitrogen and oxygen atoms in total. The Labute approximate surface area is 141 Å². The maximum Gasteiger partial charge on any atom is 0.0606 e. The first-order valence-electron chi connectivity index (χ1n) is 7.54. The van der Waals surface area contributed by atoms with Gasteiger partial charge in [-0.05, 0) is 54.8 Å². The largest absolute Gasteiger partial charge is 0.360 e. The molecule has 3 aromatic rings. The van der Waals surface area contributed by atoms with Crippen LogP contribution in [0.1, 0.15) is 11.4 Å². The summed E-state index contributed by atoms with van der Waals surface area (Å²) >= 11 is 1.75. The highest BCUT2D eigenvalue weighted by Crippen LogP contribution is 2.23. The second-order valence-corrected chi connectivity index (χ2v) is 6.08. The second-order valence-electron chi connectivity index (χ2n) is 5.20. The van der Waals surface area contributed by atoms with Gasteiger partial charge in [0, 0.05) is 23.0 Å². The Kier molecular flexibility index (Phi) is 5.27. The van der Waals surface area contributed by atoms with Crippen molar-refractivity contribution < 1.29 is 0 Å². The van der Waals surface area contributed by atoms with Crippen LogP contribution in [0.25, 0.3) is 0 Å². The number of nitrogens with zero attached hydrogens (tertiary/aromatic N) is 3. The van der Waals surface area contributed by atoms with Crippen LogP contribution >= 0.6 is 11.8 Å². The van der Waals surface area contributed by atoms with Gasteiger partial charge < -0.3 is 4.90 Å². The average Bonchev–Trinajstić information content (AvgIpc) is 2.63. The van der Waals surface area contributed by atoms with E-state index in [1.54, 1.807) is 11.8 Å². The molecular weight excluding hydrogens is 302 g/mol. The number of rotatable bonds is 6. The van der Waals surface area contributed by atoms with Crippen molar-refractivity contribution >= 4 is 17.4 Å². The van der Waals surface area contributed by atoms with Crippen molar-refractivity contribution in [2.24, 2.45) is 0 Å². The van der Waals surface area contributed by atoms with Gasteiger partial charge >= 0.3 is 0 Å². The normalized spacial score (nSPS) is 10.5. The van der Waals surface area contributed by atoms with Gasteiger partial charge in [0.25, 0.3) is 0 Å². The Hall–Kier alpha value is -2.33. The van der Waals surface area contributed by atoms with Crippen molar-refractivity contribution in [1.82, 2.24) is 9.97 Å². The van der Waals surface area contributed by atoms with E-state index in [0.717, 1.165) is 24.5 Å². The van der Waals surface area contributed by atoms with Crippen LogP contribution in [0.3, 0.4) is 0 Å². The van der Waals surface area contributed by atoms with E-state index < -0.39 is 0 Å². The average molecular weight is 321 g/mol. The molecule has 0 saturated heterocycles. The summed E-state index contributed by atoms with van der Waals surface area (Å²) in [6.45, 7) is 1.52. The van der Waals surface area contributed by atoms with Gasteiger partial charge in [0.2, 0.25) is 0 Å². The molecule has 0 unspecified atom stereocenters. The Bertz CT molecular complexity index is 673. The van der Waals surface area contributed by atoms with Crippen molar-refractivity contribution in [3.05, 3.63) is 84.4 Å². The first-order chi connectivity index (χ1) is 11.3. The number of hydrogen-bond acceptors (Lipinski definition) is 4. The Morgan fingerprint density at radius 2 is 1.35 bits per heavy atom. The number of thioether (sulfide) groups is 1. The van der Waals surface area contributed by atoms with Gasteiger partial charge in [-0.25, -0.2) is 0 Å². The molecule has 0 aliphatic carbocycles. The summed E-state index contributed by atoms with van der Waals surface area (Å²) in [5, 5.41) is 0. The number of hydrogen-bond donors (Lipinski definition) is 0. The van der Waals surface area contributed by atoms with E-state index in [2.05, 4.69) is 57.5 Å². The standard InChI is InChI=1S/C19H19N3S/c1-23-19-10-8-18(9-11-19)22(14-16-6-2-4-12-20-16)15-17-7-3-5-13-21-17/h2-13H,14-15H2,1H3. The summed E-state index contributed by atoms with van der Waals surface area (Å²) in [5.41, 5.74) is 3.29. The lowest BCUT2D eigenvalue weighted by Crippen LogP contribution is -2.23. The summed E-state index contributed by atoms with van der Waals surface area (Å²) in [6, 6.07) is 20.7. The zero-order chi connectivity index (χ0) is 15.9. The summed E-state index contributed by atoms with van der Waals surface area (Å²) in [7, 11) is 0. The third-order valence-corrected chi connectivity index (χ3v) is 4.34. The van der Waals surface area contributed by atoms with Crippen molar-refractivity contribution in [2.75, 3.05) is 11.2 Å². The molecule has 116 valence electrons. The van der Waals surface area contributed by atoms with E-state index in [1.165, 1.54) is 10.6 Å². The van der Waals surface area contributed by atoms with E-state index in [9.17, 15) is 0 Å². The molecule has 0 bridgehead atoms. The molecular formula is C19H19N3S. The minimum Gasteiger partial charge on any atom is -0.360 e. The predicted octanol–water partition coefficient (Wildman–Crippen LogP) is 4.41. The fourth-order valence-electron chi connectivity index (χ4n) is 2.41. The quantitative estimate of drug-likeness (QED) is 0.629. The van der Waals surface area contributed by atoms with E-state index in [1.807, 2.05) is 36.7 Å². The number of pyridine rings is 2. The highest BCUT2D eigenvalue weighted by molar-refractivity contribution is 7.98. The van der Waals surface area contributed by atoms with Crippen LogP contribution in [0.4, 0.5) is 5.69 Å². The van der Waals surface area contributed by atoms with Crippen LogP contribution in [-0.2, 0) is 13.1 Å². The lowest BCUT2D eigenvalue weighted by Gasteiger charge is -2.24. The Morgan fingerprint density at radius 1 is 0.783 bits per heavy atom. The topological polar surface area (TPSA) is 29.0 Å². The molecule has 0 aliphatic rings. The van der Waals surface area contributed by atoms with Gasteiger partial charge in [0.1, 0.15) is 0 Å². The van der Waals surface area contributed by atoms with Gasteiger partial charge in [-0.3, -0.25) is 9.97 Å². The van der Waals surface area contributed by atoms with Gasteiger partial charge in [0.15, 0.2) is 0 Å². The molecule has 2 heterocycles. The van der Waals surface area contributed by atoms with E-state index in [4.69, 9.17) is 0 Å². The molecule has 1 aromatic carbocycles. The first-order valence-corrected chi connectivity index (χ1v) is 8.76. The fourth-order valence-corrected chi connectivity index (χ4v) is 2.81. The lowest BCUT2D eigenvalue weighted by molar-refractivity contribution is 0.765. The molecule has 4 heteroatoms. The van der Waals surface area contributed by atoms with Crippen molar-refractivity contribution in [2.45, 2.75) is 18.0 Å². The van der Waals surface area contributed by atoms with Crippen LogP contribution in [0.5, 0.6) is 0 Å². The zero-order valence-electron chi connectivity index (χ0n) is 13.1. The van der Waals surface area contributed by atoms with E-state index in [-0.39, 0.29) is 0 Å². The maximum absolute atomic E-state index is 4.45. The molecule has 0 saturated carbocycles. The third kappa shape index (κ3) is 4.33. The van der Waals surface area contributed by atoms with E-state index >= 15 is 0 Å². The van der Waals surface area contributed by atoms with E-state index in [0.29, 0.717) is 0 Å². The number of benzene rings is 1. The molecule has 0 N–H and O–H groups in total. The van der Waals surface area contributed by atoms with Crippen molar-refractivity contribution in [3.63, 3.8) is 0 Å². The molecule has 0 spiro atoms. The van der Waals surface area contributed by atoms with Gasteiger partial charge in [-0.2, -0.15) is 0 Å². The minimum atomic E-state index is 0.760. The fraction of sp³-hybridized carbons (Fsp3) is 0.158. The third-order valence-electron chi connectivity index (χ3n) is 3.60. The van der Waals surface area contributed by atoms with Crippen molar-refractivity contribution in [3.8, 4) is 0 Å². The SMILES string of the molecule is CSc1ccc(N(Cc2ccccn2)Cc2ccccn2)cc1. The summed E-state index contributed by atoms with van der Waals surface area (Å²) in [6.07, 6.45) is 5.77. The zero-order valence-corrected chi connectivity index (χ0v) is 13.9. The lowest BCUT2D eigenvalue weighted by atomic mass is 10.2. The second kappa shape index (κ2) is 7.79. The molecule has 0 amide bonds. The van der Waals surface area contributed by atoms with Gasteiger partial charge in [-0.15, -0.1) is 11.8 Å². The van der Waals surface area contributed by atoms with Crippen LogP contribution < -0.4 is 4.90 Å². The van der Waals surface area contributed by atoms with Gasteiger partial charge in [0.05, 0.1) is 24.5 Å². The monoisotopic (exact) mass is 321 g/mol. The molecule has 0 aliphatic heterocycles. The first kappa shape index (κ1) is 15.6. The summed E-state index contributed by atoms with van der Waals surface area (Å²) in [5.74, 6) is 0. The predicted molar refractivity (Wildman–Crippen MR) is 96.6 cm³/mol. The van der Waals surface area contributed by atoms with Crippen LogP contribution in [-0.4, -0.2) is 16.2 Å². The maximum atomic E-state index is 4.45. The number of aromatic nitrogens is 2. The smallest absolute Gasteiger partial charge is 0.0606 e. The van der Waals surface area contributed by atoms with Crippen molar-refractivity contribution in [1.29, 1.82) is 0 Å². The summed E-state index contributed by atoms with van der Waals surface area (Å²) in [4.78, 5) is 12.5. The molecule has 0 atom stereocenters. The minimum absolute atomic E-state index is 0.760. The Balaban J connectivity index is 1.85. The molecule has 3 rings (SSSR count). The molecule has 0 fully saturated rings. The Morgan fingerprint density at radius 3 is 1.78 bits per heavy atom.